The zero-order valence-corrected chi connectivity index (χ0v) is 8.32. The molecule has 0 atom stereocenters. The fraction of sp³-hybridized carbons (Fsp3) is 0.100. The highest BCUT2D eigenvalue weighted by Crippen LogP contribution is 2.28. The monoisotopic (exact) mass is 207 g/mol. The summed E-state index contributed by atoms with van der Waals surface area (Å²) in [5.74, 6) is 0. The van der Waals surface area contributed by atoms with Gasteiger partial charge in [0.25, 0.3) is 0 Å². The van der Waals surface area contributed by atoms with Crippen molar-refractivity contribution in [1.82, 2.24) is 0 Å². The van der Waals surface area contributed by atoms with Crippen LogP contribution in [-0.4, -0.2) is 0 Å². The summed E-state index contributed by atoms with van der Waals surface area (Å²) in [5.41, 5.74) is 1.07. The van der Waals surface area contributed by atoms with Crippen molar-refractivity contribution in [3.8, 4) is 6.07 Å². The van der Waals surface area contributed by atoms with Gasteiger partial charge in [0.1, 0.15) is 0 Å². The highest BCUT2D eigenvalue weighted by molar-refractivity contribution is 7.17. The van der Waals surface area contributed by atoms with Gasteiger partial charge in [0.05, 0.1) is 12.5 Å². The minimum Gasteiger partial charge on any atom is -0.198 e. The zero-order chi connectivity index (χ0) is 9.26. The van der Waals surface area contributed by atoms with Crippen molar-refractivity contribution >= 4 is 33.0 Å². The van der Waals surface area contributed by atoms with Crippen LogP contribution in [0.25, 0.3) is 10.1 Å². The number of rotatable bonds is 1. The van der Waals surface area contributed by atoms with E-state index in [0.29, 0.717) is 6.42 Å². The Bertz CT molecular complexity index is 481. The van der Waals surface area contributed by atoms with Crippen LogP contribution in [0.4, 0.5) is 0 Å². The maximum absolute atomic E-state index is 8.59. The molecular formula is C10H6ClNS. The Labute approximate surface area is 85.2 Å². The molecule has 1 aromatic heterocycles. The molecule has 0 N–H and O–H groups in total. The standard InChI is InChI=1S/C10H6ClNS/c11-8-1-2-10-9(5-8)7(3-4-12)6-13-10/h1-2,5-6H,3H2. The van der Waals surface area contributed by atoms with Crippen molar-refractivity contribution in [2.24, 2.45) is 0 Å². The van der Waals surface area contributed by atoms with Gasteiger partial charge in [0.15, 0.2) is 0 Å². The molecule has 64 valence electrons. The van der Waals surface area contributed by atoms with E-state index in [1.54, 1.807) is 11.3 Å². The number of thiophene rings is 1. The smallest absolute Gasteiger partial charge is 0.0670 e. The summed E-state index contributed by atoms with van der Waals surface area (Å²) in [5, 5.41) is 12.4. The molecule has 13 heavy (non-hydrogen) atoms. The lowest BCUT2D eigenvalue weighted by Crippen LogP contribution is -1.76. The molecule has 2 aromatic rings. The van der Waals surface area contributed by atoms with Gasteiger partial charge in [-0.2, -0.15) is 5.26 Å². The minimum atomic E-state index is 0.459. The molecule has 1 heterocycles. The molecule has 0 aliphatic heterocycles. The number of nitrogens with zero attached hydrogens (tertiary/aromatic N) is 1. The normalized spacial score (nSPS) is 10.2. The molecule has 0 saturated heterocycles. The number of fused-ring (bicyclic) bond motifs is 1. The first-order chi connectivity index (χ1) is 6.31. The van der Waals surface area contributed by atoms with Crippen molar-refractivity contribution in [2.75, 3.05) is 0 Å². The summed E-state index contributed by atoms with van der Waals surface area (Å²) < 4.78 is 1.19. The minimum absolute atomic E-state index is 0.459. The maximum Gasteiger partial charge on any atom is 0.0670 e. The van der Waals surface area contributed by atoms with Crippen molar-refractivity contribution in [1.29, 1.82) is 5.26 Å². The molecular weight excluding hydrogens is 202 g/mol. The van der Waals surface area contributed by atoms with Crippen molar-refractivity contribution in [3.63, 3.8) is 0 Å². The summed E-state index contributed by atoms with van der Waals surface area (Å²) in [4.78, 5) is 0. The maximum atomic E-state index is 8.59. The van der Waals surface area contributed by atoms with E-state index in [-0.39, 0.29) is 0 Å². The quantitative estimate of drug-likeness (QED) is 0.701. The van der Waals surface area contributed by atoms with Crippen LogP contribution < -0.4 is 0 Å². The number of benzene rings is 1. The Balaban J connectivity index is 2.66. The van der Waals surface area contributed by atoms with Gasteiger partial charge in [-0.15, -0.1) is 11.3 Å². The average molecular weight is 208 g/mol. The van der Waals surface area contributed by atoms with Gasteiger partial charge in [0.2, 0.25) is 0 Å². The van der Waals surface area contributed by atoms with Crippen LogP contribution in [-0.2, 0) is 6.42 Å². The van der Waals surface area contributed by atoms with E-state index >= 15 is 0 Å². The summed E-state index contributed by atoms with van der Waals surface area (Å²) in [7, 11) is 0. The van der Waals surface area contributed by atoms with E-state index in [1.807, 2.05) is 23.6 Å². The summed E-state index contributed by atoms with van der Waals surface area (Å²) in [6.07, 6.45) is 0.459. The number of halogens is 1. The summed E-state index contributed by atoms with van der Waals surface area (Å²) >= 11 is 7.52. The number of hydrogen-bond acceptors (Lipinski definition) is 2. The molecule has 0 bridgehead atoms. The lowest BCUT2D eigenvalue weighted by molar-refractivity contribution is 1.30. The van der Waals surface area contributed by atoms with Crippen molar-refractivity contribution in [2.45, 2.75) is 6.42 Å². The van der Waals surface area contributed by atoms with E-state index in [1.165, 1.54) is 4.70 Å². The second-order valence-electron chi connectivity index (χ2n) is 2.74. The van der Waals surface area contributed by atoms with Crippen LogP contribution in [0.3, 0.4) is 0 Å². The summed E-state index contributed by atoms with van der Waals surface area (Å²) in [6, 6.07) is 7.92. The Morgan fingerprint density at radius 1 is 1.46 bits per heavy atom. The fourth-order valence-electron chi connectivity index (χ4n) is 1.28. The van der Waals surface area contributed by atoms with Crippen LogP contribution >= 0.6 is 22.9 Å². The molecule has 3 heteroatoms. The van der Waals surface area contributed by atoms with Crippen LogP contribution in [0.1, 0.15) is 5.56 Å². The van der Waals surface area contributed by atoms with Crippen LogP contribution in [0.15, 0.2) is 23.6 Å². The number of nitriles is 1. The Hall–Kier alpha value is -1.04. The highest BCUT2D eigenvalue weighted by atomic mass is 35.5. The molecule has 0 amide bonds. The van der Waals surface area contributed by atoms with Gasteiger partial charge in [0, 0.05) is 9.72 Å². The second-order valence-corrected chi connectivity index (χ2v) is 4.08. The van der Waals surface area contributed by atoms with Crippen molar-refractivity contribution < 1.29 is 0 Å². The van der Waals surface area contributed by atoms with Crippen LogP contribution in [0.2, 0.25) is 5.02 Å². The fourth-order valence-corrected chi connectivity index (χ4v) is 2.39. The molecule has 0 spiro atoms. The molecule has 1 nitrogen and oxygen atoms in total. The van der Waals surface area contributed by atoms with Gasteiger partial charge in [-0.25, -0.2) is 0 Å². The number of hydrogen-bond donors (Lipinski definition) is 0. The lowest BCUT2D eigenvalue weighted by atomic mass is 10.1. The lowest BCUT2D eigenvalue weighted by Gasteiger charge is -1.93. The third-order valence-corrected chi connectivity index (χ3v) is 3.13. The molecule has 0 aliphatic rings. The topological polar surface area (TPSA) is 23.8 Å². The second kappa shape index (κ2) is 3.37. The molecule has 0 aliphatic carbocycles. The molecule has 0 fully saturated rings. The average Bonchev–Trinajstić information content (AvgIpc) is 2.49. The first kappa shape index (κ1) is 8.55. The van der Waals surface area contributed by atoms with E-state index in [2.05, 4.69) is 6.07 Å². The third kappa shape index (κ3) is 1.53. The first-order valence-corrected chi connectivity index (χ1v) is 5.09. The third-order valence-electron chi connectivity index (χ3n) is 1.89. The first-order valence-electron chi connectivity index (χ1n) is 3.84. The van der Waals surface area contributed by atoms with E-state index < -0.39 is 0 Å². The Morgan fingerprint density at radius 3 is 3.08 bits per heavy atom. The van der Waals surface area contributed by atoms with Crippen molar-refractivity contribution in [3.05, 3.63) is 34.2 Å². The van der Waals surface area contributed by atoms with Crippen LogP contribution in [0.5, 0.6) is 0 Å². The molecule has 0 radical (unpaired) electrons. The predicted molar refractivity (Wildman–Crippen MR) is 56.2 cm³/mol. The van der Waals surface area contributed by atoms with E-state index in [4.69, 9.17) is 16.9 Å². The molecule has 0 unspecified atom stereocenters. The molecule has 0 saturated carbocycles. The molecule has 2 rings (SSSR count). The Morgan fingerprint density at radius 2 is 2.31 bits per heavy atom. The van der Waals surface area contributed by atoms with Gasteiger partial charge in [-0.05, 0) is 34.5 Å². The zero-order valence-electron chi connectivity index (χ0n) is 6.75. The van der Waals surface area contributed by atoms with Gasteiger partial charge < -0.3 is 0 Å². The van der Waals surface area contributed by atoms with Gasteiger partial charge in [-0.3, -0.25) is 0 Å². The predicted octanol–water partition coefficient (Wildman–Crippen LogP) is 3.62. The van der Waals surface area contributed by atoms with Gasteiger partial charge >= 0.3 is 0 Å². The largest absolute Gasteiger partial charge is 0.198 e. The van der Waals surface area contributed by atoms with Crippen LogP contribution in [0, 0.1) is 11.3 Å². The van der Waals surface area contributed by atoms with E-state index in [9.17, 15) is 0 Å². The SMILES string of the molecule is N#CCc1csc2ccc(Cl)cc12. The molecule has 1 aromatic carbocycles. The summed E-state index contributed by atoms with van der Waals surface area (Å²) in [6.45, 7) is 0. The Kier molecular flexibility index (Phi) is 2.22. The van der Waals surface area contributed by atoms with E-state index in [0.717, 1.165) is 16.0 Å². The highest BCUT2D eigenvalue weighted by Gasteiger charge is 2.03. The van der Waals surface area contributed by atoms with Gasteiger partial charge in [-0.1, -0.05) is 11.6 Å².